The molecule has 1 aliphatic rings. The van der Waals surface area contributed by atoms with E-state index in [0.29, 0.717) is 5.56 Å². The van der Waals surface area contributed by atoms with E-state index in [-0.39, 0.29) is 23.5 Å². The van der Waals surface area contributed by atoms with Gasteiger partial charge in [0, 0.05) is 5.56 Å². The molecule has 18 heavy (non-hydrogen) atoms. The Morgan fingerprint density at radius 2 is 1.94 bits per heavy atom. The number of aliphatic hydroxyl groups is 1. The molecule has 0 spiro atoms. The van der Waals surface area contributed by atoms with Crippen molar-refractivity contribution in [3.63, 3.8) is 0 Å². The molecule has 1 aliphatic carbocycles. The Balaban J connectivity index is 2.25. The van der Waals surface area contributed by atoms with Crippen LogP contribution < -0.4 is 5.32 Å². The molecule has 1 aromatic carbocycles. The van der Waals surface area contributed by atoms with Crippen molar-refractivity contribution in [2.75, 3.05) is 6.61 Å². The average Bonchev–Trinajstić information content (AvgIpc) is 3.08. The molecule has 0 bridgehead atoms. The van der Waals surface area contributed by atoms with Crippen molar-refractivity contribution in [3.05, 3.63) is 35.4 Å². The first-order valence-electron chi connectivity index (χ1n) is 6.41. The van der Waals surface area contributed by atoms with Gasteiger partial charge >= 0.3 is 0 Å². The molecule has 1 amide bonds. The molecule has 0 radical (unpaired) electrons. The normalized spacial score (nSPS) is 17.3. The van der Waals surface area contributed by atoms with Crippen LogP contribution in [0, 0.1) is 0 Å². The predicted octanol–water partition coefficient (Wildman–Crippen LogP) is 2.24. The Bertz CT molecular complexity index is 456. The van der Waals surface area contributed by atoms with Crippen LogP contribution in [0.5, 0.6) is 0 Å². The molecule has 0 unspecified atom stereocenters. The van der Waals surface area contributed by atoms with E-state index in [1.165, 1.54) is 0 Å². The van der Waals surface area contributed by atoms with E-state index < -0.39 is 0 Å². The summed E-state index contributed by atoms with van der Waals surface area (Å²) >= 11 is 0. The highest BCUT2D eigenvalue weighted by molar-refractivity contribution is 5.96. The van der Waals surface area contributed by atoms with Crippen LogP contribution in [0.2, 0.25) is 0 Å². The van der Waals surface area contributed by atoms with Gasteiger partial charge in [-0.2, -0.15) is 0 Å². The van der Waals surface area contributed by atoms with Crippen LogP contribution in [0.15, 0.2) is 24.3 Å². The minimum absolute atomic E-state index is 0.0242. The Kier molecular flexibility index (Phi) is 3.20. The van der Waals surface area contributed by atoms with E-state index in [4.69, 9.17) is 0 Å². The van der Waals surface area contributed by atoms with Crippen LogP contribution in [-0.4, -0.2) is 23.2 Å². The molecule has 1 saturated carbocycles. The molecule has 2 N–H and O–H groups in total. The quantitative estimate of drug-likeness (QED) is 0.860. The zero-order valence-corrected chi connectivity index (χ0v) is 11.3. The van der Waals surface area contributed by atoms with Crippen LogP contribution in [0.3, 0.4) is 0 Å². The fraction of sp³-hybridized carbons (Fsp3) is 0.533. The third-order valence-corrected chi connectivity index (χ3v) is 3.51. The number of carbonyl (C=O) groups is 1. The van der Waals surface area contributed by atoms with E-state index in [1.54, 1.807) is 0 Å². The van der Waals surface area contributed by atoms with Crippen molar-refractivity contribution in [1.29, 1.82) is 0 Å². The van der Waals surface area contributed by atoms with Crippen molar-refractivity contribution in [2.45, 2.75) is 44.6 Å². The molecular formula is C15H21NO2. The number of amides is 1. The fourth-order valence-corrected chi connectivity index (χ4v) is 2.12. The molecule has 0 saturated heterocycles. The SMILES string of the molecule is CC(C)(C)c1ccccc1C(=O)NC1(CO)CC1. The molecular weight excluding hydrogens is 226 g/mol. The van der Waals surface area contributed by atoms with Gasteiger partial charge in [-0.25, -0.2) is 0 Å². The van der Waals surface area contributed by atoms with Crippen molar-refractivity contribution >= 4 is 5.91 Å². The highest BCUT2D eigenvalue weighted by Gasteiger charge is 2.43. The molecule has 1 aromatic rings. The summed E-state index contributed by atoms with van der Waals surface area (Å²) in [6, 6.07) is 7.68. The second-order valence-corrected chi connectivity index (χ2v) is 6.19. The van der Waals surface area contributed by atoms with Gasteiger partial charge in [0.1, 0.15) is 0 Å². The van der Waals surface area contributed by atoms with E-state index in [0.717, 1.165) is 18.4 Å². The number of nitrogens with one attached hydrogen (secondary N) is 1. The Morgan fingerprint density at radius 3 is 2.44 bits per heavy atom. The Hall–Kier alpha value is -1.35. The number of hydrogen-bond acceptors (Lipinski definition) is 2. The average molecular weight is 247 g/mol. The fourth-order valence-electron chi connectivity index (χ4n) is 2.12. The topological polar surface area (TPSA) is 49.3 Å². The van der Waals surface area contributed by atoms with Gasteiger partial charge in [0.2, 0.25) is 0 Å². The second kappa shape index (κ2) is 4.39. The van der Waals surface area contributed by atoms with Gasteiger partial charge in [0.15, 0.2) is 0 Å². The van der Waals surface area contributed by atoms with Crippen molar-refractivity contribution in [1.82, 2.24) is 5.32 Å². The summed E-state index contributed by atoms with van der Waals surface area (Å²) in [5.41, 5.74) is 1.33. The maximum absolute atomic E-state index is 12.3. The number of aliphatic hydroxyl groups excluding tert-OH is 1. The van der Waals surface area contributed by atoms with Crippen LogP contribution in [0.4, 0.5) is 0 Å². The summed E-state index contributed by atoms with van der Waals surface area (Å²) < 4.78 is 0. The molecule has 98 valence electrons. The first kappa shape index (κ1) is 13.1. The predicted molar refractivity (Wildman–Crippen MR) is 71.7 cm³/mol. The monoisotopic (exact) mass is 247 g/mol. The molecule has 1 fully saturated rings. The first-order valence-corrected chi connectivity index (χ1v) is 6.41. The van der Waals surface area contributed by atoms with Gasteiger partial charge in [0.25, 0.3) is 5.91 Å². The zero-order valence-electron chi connectivity index (χ0n) is 11.3. The maximum atomic E-state index is 12.3. The zero-order chi connectivity index (χ0) is 13.4. The lowest BCUT2D eigenvalue weighted by atomic mass is 9.83. The Labute approximate surface area is 108 Å². The highest BCUT2D eigenvalue weighted by atomic mass is 16.3. The van der Waals surface area contributed by atoms with E-state index in [2.05, 4.69) is 26.1 Å². The van der Waals surface area contributed by atoms with Gasteiger partial charge < -0.3 is 10.4 Å². The van der Waals surface area contributed by atoms with Crippen LogP contribution >= 0.6 is 0 Å². The molecule has 0 atom stereocenters. The Morgan fingerprint density at radius 1 is 1.33 bits per heavy atom. The molecule has 2 rings (SSSR count). The third-order valence-electron chi connectivity index (χ3n) is 3.51. The molecule has 3 heteroatoms. The number of carbonyl (C=O) groups excluding carboxylic acids is 1. The van der Waals surface area contributed by atoms with Crippen molar-refractivity contribution < 1.29 is 9.90 Å². The van der Waals surface area contributed by atoms with Gasteiger partial charge in [-0.15, -0.1) is 0 Å². The van der Waals surface area contributed by atoms with E-state index in [9.17, 15) is 9.90 Å². The largest absolute Gasteiger partial charge is 0.394 e. The van der Waals surface area contributed by atoms with Crippen LogP contribution in [0.25, 0.3) is 0 Å². The van der Waals surface area contributed by atoms with E-state index in [1.807, 2.05) is 24.3 Å². The molecule has 3 nitrogen and oxygen atoms in total. The summed E-state index contributed by atoms with van der Waals surface area (Å²) in [5.74, 6) is -0.0768. The number of hydrogen-bond donors (Lipinski definition) is 2. The standard InChI is InChI=1S/C15H21NO2/c1-14(2,3)12-7-5-4-6-11(12)13(18)16-15(10-17)8-9-15/h4-7,17H,8-10H2,1-3H3,(H,16,18). The smallest absolute Gasteiger partial charge is 0.252 e. The number of benzene rings is 1. The van der Waals surface area contributed by atoms with Gasteiger partial charge in [-0.1, -0.05) is 39.0 Å². The third kappa shape index (κ3) is 2.56. The summed E-state index contributed by atoms with van der Waals surface area (Å²) in [4.78, 5) is 12.3. The minimum atomic E-state index is -0.359. The van der Waals surface area contributed by atoms with Gasteiger partial charge in [-0.05, 0) is 29.9 Å². The van der Waals surface area contributed by atoms with Crippen molar-refractivity contribution in [3.8, 4) is 0 Å². The second-order valence-electron chi connectivity index (χ2n) is 6.19. The minimum Gasteiger partial charge on any atom is -0.394 e. The lowest BCUT2D eigenvalue weighted by Crippen LogP contribution is -2.40. The van der Waals surface area contributed by atoms with E-state index >= 15 is 0 Å². The maximum Gasteiger partial charge on any atom is 0.252 e. The van der Waals surface area contributed by atoms with Gasteiger partial charge in [0.05, 0.1) is 12.1 Å². The van der Waals surface area contributed by atoms with Crippen molar-refractivity contribution in [2.24, 2.45) is 0 Å². The molecule has 0 aliphatic heterocycles. The van der Waals surface area contributed by atoms with Gasteiger partial charge in [-0.3, -0.25) is 4.79 Å². The molecule has 0 aromatic heterocycles. The molecule has 0 heterocycles. The summed E-state index contributed by atoms with van der Waals surface area (Å²) in [5, 5.41) is 12.2. The highest BCUT2D eigenvalue weighted by Crippen LogP contribution is 2.35. The number of rotatable bonds is 3. The summed E-state index contributed by atoms with van der Waals surface area (Å²) in [6.45, 7) is 6.31. The summed E-state index contributed by atoms with van der Waals surface area (Å²) in [6.07, 6.45) is 1.74. The van der Waals surface area contributed by atoms with Crippen LogP contribution in [0.1, 0.15) is 49.5 Å². The lowest BCUT2D eigenvalue weighted by Gasteiger charge is -2.23. The first-order chi connectivity index (χ1) is 8.38. The summed E-state index contributed by atoms with van der Waals surface area (Å²) in [7, 11) is 0. The lowest BCUT2D eigenvalue weighted by molar-refractivity contribution is 0.0904. The van der Waals surface area contributed by atoms with Crippen LogP contribution in [-0.2, 0) is 5.41 Å².